The van der Waals surface area contributed by atoms with Gasteiger partial charge < -0.3 is 9.52 Å². The number of hydrogen-bond acceptors (Lipinski definition) is 3. The first-order valence-corrected chi connectivity index (χ1v) is 5.84. The molecule has 1 aromatic carbocycles. The standard InChI is InChI=1S/C15H13NO2/c1-10-5-4-7-12(16-10)15(17)14-9-11-6-2-3-8-13(11)18-14/h2-9,15,17H,1H3. The summed E-state index contributed by atoms with van der Waals surface area (Å²) in [4.78, 5) is 4.31. The molecule has 1 N–H and O–H groups in total. The van der Waals surface area contributed by atoms with E-state index in [0.717, 1.165) is 16.7 Å². The number of para-hydroxylation sites is 1. The van der Waals surface area contributed by atoms with E-state index >= 15 is 0 Å². The predicted molar refractivity (Wildman–Crippen MR) is 69.2 cm³/mol. The normalized spacial score (nSPS) is 12.8. The van der Waals surface area contributed by atoms with Crippen molar-refractivity contribution in [2.45, 2.75) is 13.0 Å². The molecule has 0 amide bonds. The van der Waals surface area contributed by atoms with Gasteiger partial charge in [-0.25, -0.2) is 0 Å². The zero-order valence-electron chi connectivity index (χ0n) is 10.00. The van der Waals surface area contributed by atoms with Crippen molar-refractivity contribution >= 4 is 11.0 Å². The maximum Gasteiger partial charge on any atom is 0.153 e. The Morgan fingerprint density at radius 1 is 1.11 bits per heavy atom. The molecule has 0 saturated carbocycles. The van der Waals surface area contributed by atoms with Gasteiger partial charge in [0.2, 0.25) is 0 Å². The van der Waals surface area contributed by atoms with Crippen molar-refractivity contribution in [3.8, 4) is 0 Å². The van der Waals surface area contributed by atoms with E-state index in [0.29, 0.717) is 11.5 Å². The molecule has 18 heavy (non-hydrogen) atoms. The summed E-state index contributed by atoms with van der Waals surface area (Å²) in [5, 5.41) is 11.2. The third-order valence-electron chi connectivity index (χ3n) is 2.90. The average molecular weight is 239 g/mol. The van der Waals surface area contributed by atoms with Gasteiger partial charge in [-0.1, -0.05) is 24.3 Å². The van der Waals surface area contributed by atoms with Crippen molar-refractivity contribution in [3.63, 3.8) is 0 Å². The number of rotatable bonds is 2. The number of fused-ring (bicyclic) bond motifs is 1. The van der Waals surface area contributed by atoms with E-state index in [9.17, 15) is 5.11 Å². The van der Waals surface area contributed by atoms with E-state index in [1.165, 1.54) is 0 Å². The summed E-state index contributed by atoms with van der Waals surface area (Å²) in [6.45, 7) is 1.90. The second-order valence-electron chi connectivity index (χ2n) is 4.29. The number of aromatic nitrogens is 1. The van der Waals surface area contributed by atoms with Crippen molar-refractivity contribution in [3.05, 3.63) is 65.7 Å². The molecule has 3 heteroatoms. The summed E-state index contributed by atoms with van der Waals surface area (Å²) in [7, 11) is 0. The van der Waals surface area contributed by atoms with Crippen LogP contribution in [0.2, 0.25) is 0 Å². The van der Waals surface area contributed by atoms with Crippen LogP contribution in [-0.4, -0.2) is 10.1 Å². The molecular formula is C15H13NO2. The van der Waals surface area contributed by atoms with Crippen LogP contribution in [0, 0.1) is 6.92 Å². The summed E-state index contributed by atoms with van der Waals surface area (Å²) in [5.74, 6) is 0.523. The van der Waals surface area contributed by atoms with Crippen molar-refractivity contribution in [2.24, 2.45) is 0 Å². The van der Waals surface area contributed by atoms with Gasteiger partial charge in [0, 0.05) is 11.1 Å². The quantitative estimate of drug-likeness (QED) is 0.746. The van der Waals surface area contributed by atoms with Crippen molar-refractivity contribution in [1.82, 2.24) is 4.98 Å². The van der Waals surface area contributed by atoms with Gasteiger partial charge in [0.05, 0.1) is 5.69 Å². The maximum absolute atomic E-state index is 10.3. The second kappa shape index (κ2) is 4.27. The van der Waals surface area contributed by atoms with Crippen LogP contribution >= 0.6 is 0 Å². The molecule has 0 bridgehead atoms. The monoisotopic (exact) mass is 239 g/mol. The Balaban J connectivity index is 2.03. The van der Waals surface area contributed by atoms with Gasteiger partial charge >= 0.3 is 0 Å². The number of benzene rings is 1. The first-order chi connectivity index (χ1) is 8.74. The highest BCUT2D eigenvalue weighted by Gasteiger charge is 2.16. The lowest BCUT2D eigenvalue weighted by molar-refractivity contribution is 0.187. The van der Waals surface area contributed by atoms with Crippen LogP contribution in [0.3, 0.4) is 0 Å². The van der Waals surface area contributed by atoms with E-state index in [1.54, 1.807) is 6.07 Å². The van der Waals surface area contributed by atoms with Gasteiger partial charge in [-0.15, -0.1) is 0 Å². The predicted octanol–water partition coefficient (Wildman–Crippen LogP) is 3.22. The molecule has 0 aliphatic rings. The highest BCUT2D eigenvalue weighted by Crippen LogP contribution is 2.27. The number of aryl methyl sites for hydroxylation is 1. The van der Waals surface area contributed by atoms with Crippen molar-refractivity contribution in [1.29, 1.82) is 0 Å². The highest BCUT2D eigenvalue weighted by atomic mass is 16.4. The summed E-state index contributed by atoms with van der Waals surface area (Å²) in [6.07, 6.45) is -0.822. The van der Waals surface area contributed by atoms with Crippen LogP contribution in [0.25, 0.3) is 11.0 Å². The van der Waals surface area contributed by atoms with E-state index in [-0.39, 0.29) is 0 Å². The molecule has 2 heterocycles. The molecule has 1 unspecified atom stereocenters. The number of hydrogen-bond donors (Lipinski definition) is 1. The fraction of sp³-hybridized carbons (Fsp3) is 0.133. The van der Waals surface area contributed by atoms with Crippen LogP contribution < -0.4 is 0 Å². The molecule has 3 nitrogen and oxygen atoms in total. The Hall–Kier alpha value is -2.13. The van der Waals surface area contributed by atoms with Crippen LogP contribution in [0.4, 0.5) is 0 Å². The molecule has 0 radical (unpaired) electrons. The number of furan rings is 1. The lowest BCUT2D eigenvalue weighted by atomic mass is 10.1. The minimum atomic E-state index is -0.822. The van der Waals surface area contributed by atoms with E-state index in [1.807, 2.05) is 49.4 Å². The Labute approximate surface area is 105 Å². The number of pyridine rings is 1. The largest absolute Gasteiger partial charge is 0.458 e. The van der Waals surface area contributed by atoms with E-state index in [2.05, 4.69) is 4.98 Å². The first-order valence-electron chi connectivity index (χ1n) is 5.84. The molecule has 0 aliphatic carbocycles. The van der Waals surface area contributed by atoms with Gasteiger partial charge in [0.1, 0.15) is 11.3 Å². The van der Waals surface area contributed by atoms with Gasteiger partial charge in [-0.05, 0) is 31.2 Å². The average Bonchev–Trinajstić information content (AvgIpc) is 2.81. The van der Waals surface area contributed by atoms with Gasteiger partial charge in [-0.3, -0.25) is 4.98 Å². The minimum Gasteiger partial charge on any atom is -0.458 e. The summed E-state index contributed by atoms with van der Waals surface area (Å²) in [6, 6.07) is 15.1. The molecule has 1 atom stereocenters. The van der Waals surface area contributed by atoms with Gasteiger partial charge in [0.15, 0.2) is 6.10 Å². The van der Waals surface area contributed by atoms with Gasteiger partial charge in [-0.2, -0.15) is 0 Å². The zero-order valence-corrected chi connectivity index (χ0v) is 10.00. The molecule has 3 rings (SSSR count). The van der Waals surface area contributed by atoms with Crippen LogP contribution in [-0.2, 0) is 0 Å². The fourth-order valence-corrected chi connectivity index (χ4v) is 2.00. The molecule has 0 spiro atoms. The maximum atomic E-state index is 10.3. The first kappa shape index (κ1) is 11.0. The third kappa shape index (κ3) is 1.89. The SMILES string of the molecule is Cc1cccc(C(O)c2cc3ccccc3o2)n1. The summed E-state index contributed by atoms with van der Waals surface area (Å²) in [5.41, 5.74) is 2.26. The van der Waals surface area contributed by atoms with Crippen LogP contribution in [0.15, 0.2) is 52.9 Å². The highest BCUT2D eigenvalue weighted by molar-refractivity contribution is 5.77. The molecule has 3 aromatic rings. The molecular weight excluding hydrogens is 226 g/mol. The minimum absolute atomic E-state index is 0.523. The Bertz CT molecular complexity index is 655. The van der Waals surface area contributed by atoms with Crippen molar-refractivity contribution in [2.75, 3.05) is 0 Å². The smallest absolute Gasteiger partial charge is 0.153 e. The van der Waals surface area contributed by atoms with Crippen molar-refractivity contribution < 1.29 is 9.52 Å². The molecule has 0 saturated heterocycles. The molecule has 0 aliphatic heterocycles. The molecule has 2 aromatic heterocycles. The lowest BCUT2D eigenvalue weighted by Gasteiger charge is -2.07. The Morgan fingerprint density at radius 3 is 2.72 bits per heavy atom. The topological polar surface area (TPSA) is 46.3 Å². The fourth-order valence-electron chi connectivity index (χ4n) is 2.00. The lowest BCUT2D eigenvalue weighted by Crippen LogP contribution is -2.01. The van der Waals surface area contributed by atoms with E-state index < -0.39 is 6.10 Å². The molecule has 0 fully saturated rings. The summed E-state index contributed by atoms with van der Waals surface area (Å²) < 4.78 is 5.63. The Morgan fingerprint density at radius 2 is 1.94 bits per heavy atom. The van der Waals surface area contributed by atoms with Crippen LogP contribution in [0.1, 0.15) is 23.3 Å². The molecule has 90 valence electrons. The zero-order chi connectivity index (χ0) is 12.5. The number of aliphatic hydroxyl groups is 1. The number of nitrogens with zero attached hydrogens (tertiary/aromatic N) is 1. The third-order valence-corrected chi connectivity index (χ3v) is 2.90. The Kier molecular flexibility index (Phi) is 2.61. The number of aliphatic hydroxyl groups excluding tert-OH is 1. The second-order valence-corrected chi connectivity index (χ2v) is 4.29. The van der Waals surface area contributed by atoms with Crippen LogP contribution in [0.5, 0.6) is 0 Å². The van der Waals surface area contributed by atoms with Gasteiger partial charge in [0.25, 0.3) is 0 Å². The van der Waals surface area contributed by atoms with E-state index in [4.69, 9.17) is 4.42 Å². The summed E-state index contributed by atoms with van der Waals surface area (Å²) >= 11 is 0.